The topological polar surface area (TPSA) is 112 Å². The van der Waals surface area contributed by atoms with E-state index >= 15 is 0 Å². The fourth-order valence-corrected chi connectivity index (χ4v) is 4.40. The number of rotatable bonds is 3. The first-order chi connectivity index (χ1) is 14.5. The average molecular weight is 413 g/mol. The maximum Gasteiger partial charge on any atom is 0.229 e. The number of hydrogen-bond acceptors (Lipinski definition) is 10. The Morgan fingerprint density at radius 3 is 2.43 bits per heavy atom. The molecular weight excluding hydrogens is 386 g/mol. The summed E-state index contributed by atoms with van der Waals surface area (Å²) in [5.74, 6) is 1.56. The van der Waals surface area contributed by atoms with Crippen LogP contribution in [0.5, 0.6) is 0 Å². The average Bonchev–Trinajstić information content (AvgIpc) is 2.72. The molecule has 3 saturated heterocycles. The van der Waals surface area contributed by atoms with E-state index < -0.39 is 0 Å². The molecule has 30 heavy (non-hydrogen) atoms. The van der Waals surface area contributed by atoms with Crippen molar-refractivity contribution in [3.05, 3.63) is 18.5 Å². The van der Waals surface area contributed by atoms with E-state index in [0.717, 1.165) is 12.2 Å². The van der Waals surface area contributed by atoms with Crippen LogP contribution in [0.15, 0.2) is 18.5 Å². The molecule has 5 heterocycles. The van der Waals surface area contributed by atoms with Crippen LogP contribution in [0.4, 0.5) is 17.5 Å². The Balaban J connectivity index is 1.49. The molecule has 2 N–H and O–H groups in total. The number of anilines is 3. The summed E-state index contributed by atoms with van der Waals surface area (Å²) in [6.45, 7) is 8.84. The Morgan fingerprint density at radius 2 is 1.73 bits per heavy atom. The van der Waals surface area contributed by atoms with Crippen molar-refractivity contribution in [1.29, 1.82) is 0 Å². The molecule has 2 aromatic rings. The molecule has 10 heteroatoms. The number of hydrogen-bond donors (Lipinski definition) is 1. The van der Waals surface area contributed by atoms with Crippen LogP contribution in [0.3, 0.4) is 0 Å². The number of nitrogen functional groups attached to an aromatic ring is 1. The highest BCUT2D eigenvalue weighted by Gasteiger charge is 2.37. The van der Waals surface area contributed by atoms with E-state index in [1.807, 2.05) is 12.1 Å². The van der Waals surface area contributed by atoms with E-state index in [-0.39, 0.29) is 17.6 Å². The summed E-state index contributed by atoms with van der Waals surface area (Å²) in [5.41, 5.74) is 7.64. The van der Waals surface area contributed by atoms with Crippen molar-refractivity contribution in [3.8, 4) is 11.5 Å². The second kappa shape index (κ2) is 7.60. The molecule has 0 unspecified atom stereocenters. The maximum absolute atomic E-state index is 6.16. The molecule has 10 nitrogen and oxygen atoms in total. The van der Waals surface area contributed by atoms with Gasteiger partial charge < -0.3 is 29.7 Å². The summed E-state index contributed by atoms with van der Waals surface area (Å²) in [7, 11) is 0. The summed E-state index contributed by atoms with van der Waals surface area (Å²) >= 11 is 0. The fourth-order valence-electron chi connectivity index (χ4n) is 4.40. The third-order valence-electron chi connectivity index (χ3n) is 5.83. The molecular formula is C20H27N7O3. The minimum absolute atomic E-state index is 0.103. The van der Waals surface area contributed by atoms with E-state index in [9.17, 15) is 0 Å². The molecule has 2 bridgehead atoms. The van der Waals surface area contributed by atoms with Crippen molar-refractivity contribution < 1.29 is 14.2 Å². The zero-order chi connectivity index (χ0) is 20.7. The number of aromatic nitrogens is 4. The van der Waals surface area contributed by atoms with Gasteiger partial charge >= 0.3 is 0 Å². The van der Waals surface area contributed by atoms with Gasteiger partial charge in [0.2, 0.25) is 5.95 Å². The maximum atomic E-state index is 6.16. The predicted octanol–water partition coefficient (Wildman–Crippen LogP) is 0.735. The lowest BCUT2D eigenvalue weighted by molar-refractivity contribution is -0.0355. The third kappa shape index (κ3) is 3.55. The Labute approximate surface area is 175 Å². The molecule has 0 amide bonds. The molecule has 5 rings (SSSR count). The molecule has 2 aromatic heterocycles. The standard InChI is InChI=1S/C20H27N7O3/c1-20(2)11-28-4-3-26(20)13-5-16(24-17(21)6-13)18-22-12-23-19(25-18)27-14-7-29-9-15(27)10-30-8-14/h5-6,12,14-15H,3-4,7-11H2,1-2H3,(H2,21,24). The Bertz CT molecular complexity index is 903. The number of fused-ring (bicyclic) bond motifs is 2. The lowest BCUT2D eigenvalue weighted by atomic mass is 10.0. The summed E-state index contributed by atoms with van der Waals surface area (Å²) in [4.78, 5) is 22.6. The van der Waals surface area contributed by atoms with E-state index in [0.29, 0.717) is 62.9 Å². The van der Waals surface area contributed by atoms with Gasteiger partial charge in [0, 0.05) is 18.3 Å². The SMILES string of the molecule is CC1(C)COCCN1c1cc(N)nc(-c2ncnc(N3C4COCC3COC4)n2)c1. The van der Waals surface area contributed by atoms with Crippen molar-refractivity contribution in [2.45, 2.75) is 31.5 Å². The third-order valence-corrected chi connectivity index (χ3v) is 5.83. The molecule has 3 aliphatic heterocycles. The van der Waals surface area contributed by atoms with Gasteiger partial charge in [-0.3, -0.25) is 0 Å². The highest BCUT2D eigenvalue weighted by Crippen LogP contribution is 2.31. The smallest absolute Gasteiger partial charge is 0.229 e. The molecule has 0 atom stereocenters. The molecule has 0 spiro atoms. The number of pyridine rings is 1. The Kier molecular flexibility index (Phi) is 4.92. The van der Waals surface area contributed by atoms with Gasteiger partial charge in [0.25, 0.3) is 0 Å². The minimum atomic E-state index is -0.140. The molecule has 0 saturated carbocycles. The normalized spacial score (nSPS) is 25.9. The van der Waals surface area contributed by atoms with Gasteiger partial charge in [-0.15, -0.1) is 0 Å². The van der Waals surface area contributed by atoms with Gasteiger partial charge in [0.15, 0.2) is 5.82 Å². The summed E-state index contributed by atoms with van der Waals surface area (Å²) in [6.07, 6.45) is 1.53. The minimum Gasteiger partial charge on any atom is -0.384 e. The van der Waals surface area contributed by atoms with Crippen LogP contribution in [0, 0.1) is 0 Å². The van der Waals surface area contributed by atoms with Crippen LogP contribution in [0.1, 0.15) is 13.8 Å². The van der Waals surface area contributed by atoms with Crippen LogP contribution in [-0.4, -0.2) is 83.7 Å². The van der Waals surface area contributed by atoms with Crippen LogP contribution in [0.25, 0.3) is 11.5 Å². The quantitative estimate of drug-likeness (QED) is 0.773. The van der Waals surface area contributed by atoms with Crippen molar-refractivity contribution in [3.63, 3.8) is 0 Å². The van der Waals surface area contributed by atoms with Gasteiger partial charge in [0.05, 0.1) is 57.3 Å². The van der Waals surface area contributed by atoms with Crippen LogP contribution < -0.4 is 15.5 Å². The predicted molar refractivity (Wildman–Crippen MR) is 111 cm³/mol. The molecule has 0 aromatic carbocycles. The monoisotopic (exact) mass is 413 g/mol. The number of nitrogens with zero attached hydrogens (tertiary/aromatic N) is 6. The molecule has 3 fully saturated rings. The van der Waals surface area contributed by atoms with Crippen molar-refractivity contribution >= 4 is 17.5 Å². The lowest BCUT2D eigenvalue weighted by Crippen LogP contribution is -2.60. The van der Waals surface area contributed by atoms with Crippen molar-refractivity contribution in [2.24, 2.45) is 0 Å². The van der Waals surface area contributed by atoms with Gasteiger partial charge in [-0.1, -0.05) is 0 Å². The Morgan fingerprint density at radius 1 is 1.00 bits per heavy atom. The number of ether oxygens (including phenoxy) is 3. The van der Waals surface area contributed by atoms with Gasteiger partial charge in [-0.05, 0) is 19.9 Å². The van der Waals surface area contributed by atoms with Crippen molar-refractivity contribution in [2.75, 3.05) is 61.7 Å². The van der Waals surface area contributed by atoms with Crippen LogP contribution in [-0.2, 0) is 14.2 Å². The summed E-state index contributed by atoms with van der Waals surface area (Å²) < 4.78 is 17.0. The highest BCUT2D eigenvalue weighted by atomic mass is 16.5. The van der Waals surface area contributed by atoms with Crippen LogP contribution >= 0.6 is 0 Å². The largest absolute Gasteiger partial charge is 0.384 e. The summed E-state index contributed by atoms with van der Waals surface area (Å²) in [5, 5.41) is 0. The number of morpholine rings is 3. The highest BCUT2D eigenvalue weighted by molar-refractivity contribution is 5.65. The van der Waals surface area contributed by atoms with Gasteiger partial charge in [0.1, 0.15) is 17.8 Å². The lowest BCUT2D eigenvalue weighted by Gasteiger charge is -2.45. The molecule has 3 aliphatic rings. The van der Waals surface area contributed by atoms with Crippen LogP contribution in [0.2, 0.25) is 0 Å². The molecule has 0 aliphatic carbocycles. The first-order valence-corrected chi connectivity index (χ1v) is 10.3. The van der Waals surface area contributed by atoms with Gasteiger partial charge in [-0.2, -0.15) is 4.98 Å². The first kappa shape index (κ1) is 19.4. The zero-order valence-corrected chi connectivity index (χ0v) is 17.3. The fraction of sp³-hybridized carbons (Fsp3) is 0.600. The van der Waals surface area contributed by atoms with E-state index in [1.165, 1.54) is 6.33 Å². The van der Waals surface area contributed by atoms with E-state index in [4.69, 9.17) is 24.9 Å². The van der Waals surface area contributed by atoms with E-state index in [2.05, 4.69) is 38.6 Å². The number of nitrogens with two attached hydrogens (primary N) is 1. The molecule has 160 valence electrons. The molecule has 0 radical (unpaired) electrons. The van der Waals surface area contributed by atoms with E-state index in [1.54, 1.807) is 0 Å². The summed E-state index contributed by atoms with van der Waals surface area (Å²) in [6, 6.07) is 4.09. The second-order valence-electron chi connectivity index (χ2n) is 8.55. The second-order valence-corrected chi connectivity index (χ2v) is 8.55. The Hall–Kier alpha value is -2.56. The van der Waals surface area contributed by atoms with Gasteiger partial charge in [-0.25, -0.2) is 15.0 Å². The zero-order valence-electron chi connectivity index (χ0n) is 17.3. The van der Waals surface area contributed by atoms with Crippen molar-refractivity contribution in [1.82, 2.24) is 19.9 Å². The first-order valence-electron chi connectivity index (χ1n) is 10.3.